The molecule has 0 saturated carbocycles. The second-order valence-corrected chi connectivity index (χ2v) is 10.4. The lowest BCUT2D eigenvalue weighted by Gasteiger charge is -2.26. The van der Waals surface area contributed by atoms with Crippen LogP contribution < -0.4 is 4.90 Å². The van der Waals surface area contributed by atoms with Gasteiger partial charge in [-0.1, -0.05) is 23.9 Å². The van der Waals surface area contributed by atoms with Gasteiger partial charge in [0.15, 0.2) is 15.0 Å². The number of aryl methyl sites for hydroxylation is 2. The number of thioether (sulfide) groups is 1. The summed E-state index contributed by atoms with van der Waals surface area (Å²) in [6.07, 6.45) is 0.221. The number of amides is 1. The van der Waals surface area contributed by atoms with Gasteiger partial charge in [0.25, 0.3) is 0 Å². The maximum absolute atomic E-state index is 12.2. The van der Waals surface area contributed by atoms with Crippen molar-refractivity contribution in [3.63, 3.8) is 0 Å². The number of anilines is 1. The van der Waals surface area contributed by atoms with Crippen molar-refractivity contribution in [2.75, 3.05) is 16.4 Å². The lowest BCUT2D eigenvalue weighted by molar-refractivity contribution is -0.137. The number of hydrogen-bond acceptors (Lipinski definition) is 5. The predicted molar refractivity (Wildman–Crippen MR) is 106 cm³/mol. The van der Waals surface area contributed by atoms with E-state index in [9.17, 15) is 18.0 Å². The third-order valence-corrected chi connectivity index (χ3v) is 7.90. The molecule has 2 heterocycles. The molecule has 0 aliphatic carbocycles. The lowest BCUT2D eigenvalue weighted by atomic mass is 10.1. The number of aliphatic carboxylic acids is 1. The van der Waals surface area contributed by atoms with Crippen molar-refractivity contribution < 1.29 is 23.1 Å². The van der Waals surface area contributed by atoms with Crippen molar-refractivity contribution in [3.8, 4) is 0 Å². The number of carboxylic acids is 1. The van der Waals surface area contributed by atoms with Gasteiger partial charge < -0.3 is 10.0 Å². The van der Waals surface area contributed by atoms with E-state index in [1.165, 1.54) is 11.8 Å². The van der Waals surface area contributed by atoms with Crippen molar-refractivity contribution in [2.24, 2.45) is 4.99 Å². The van der Waals surface area contributed by atoms with Crippen molar-refractivity contribution in [1.82, 2.24) is 0 Å². The van der Waals surface area contributed by atoms with Crippen LogP contribution in [0, 0.1) is 13.8 Å². The summed E-state index contributed by atoms with van der Waals surface area (Å²) >= 11 is 1.33. The summed E-state index contributed by atoms with van der Waals surface area (Å²) in [6, 6.07) is 5.69. The third kappa shape index (κ3) is 4.52. The zero-order valence-electron chi connectivity index (χ0n) is 15.2. The minimum absolute atomic E-state index is 0.0459. The molecule has 2 aliphatic rings. The van der Waals surface area contributed by atoms with Gasteiger partial charge in [-0.2, -0.15) is 4.99 Å². The maximum Gasteiger partial charge on any atom is 0.303 e. The molecule has 0 spiro atoms. The standard InChI is InChI=1S/C18H22N2O5S2/c1-11-6-7-12(2)13(8-11)20-14-9-27(24,25)10-15(14)26-18(20)19-16(21)4-3-5-17(22)23/h6-8,14-15H,3-5,9-10H2,1-2H3,(H,22,23)/t14-,15+/m1/s1. The molecule has 2 fully saturated rings. The molecule has 1 aromatic carbocycles. The fourth-order valence-electron chi connectivity index (χ4n) is 3.38. The number of amidine groups is 1. The topological polar surface area (TPSA) is 104 Å². The summed E-state index contributed by atoms with van der Waals surface area (Å²) in [5.74, 6) is -1.19. The smallest absolute Gasteiger partial charge is 0.303 e. The second-order valence-electron chi connectivity index (χ2n) is 7.00. The van der Waals surface area contributed by atoms with Crippen LogP contribution in [0.25, 0.3) is 0 Å². The number of carbonyl (C=O) groups is 2. The summed E-state index contributed by atoms with van der Waals surface area (Å²) in [6.45, 7) is 3.91. The van der Waals surface area contributed by atoms with Crippen molar-refractivity contribution >= 4 is 44.3 Å². The van der Waals surface area contributed by atoms with Gasteiger partial charge in [0.2, 0.25) is 5.91 Å². The Morgan fingerprint density at radius 2 is 2.00 bits per heavy atom. The number of sulfone groups is 1. The van der Waals surface area contributed by atoms with E-state index in [1.807, 2.05) is 36.9 Å². The van der Waals surface area contributed by atoms with E-state index >= 15 is 0 Å². The van der Waals surface area contributed by atoms with Gasteiger partial charge in [0.05, 0.1) is 17.5 Å². The number of aliphatic imine (C=N–C) groups is 1. The number of benzene rings is 1. The zero-order chi connectivity index (χ0) is 19.8. The molecule has 2 saturated heterocycles. The molecule has 9 heteroatoms. The van der Waals surface area contributed by atoms with Crippen LogP contribution >= 0.6 is 11.8 Å². The number of nitrogens with zero attached hydrogens (tertiary/aromatic N) is 2. The first-order valence-corrected chi connectivity index (χ1v) is 11.4. The molecule has 1 aromatic rings. The molecule has 146 valence electrons. The normalized spacial score (nSPS) is 25.0. The van der Waals surface area contributed by atoms with Crippen LogP contribution in [0.3, 0.4) is 0 Å². The molecule has 2 aliphatic heterocycles. The van der Waals surface area contributed by atoms with Gasteiger partial charge in [-0.25, -0.2) is 8.42 Å². The van der Waals surface area contributed by atoms with Crippen LogP contribution in [0.1, 0.15) is 30.4 Å². The second kappa shape index (κ2) is 7.63. The van der Waals surface area contributed by atoms with Gasteiger partial charge in [-0.05, 0) is 37.5 Å². The average Bonchev–Trinajstić information content (AvgIpc) is 3.00. The molecule has 0 unspecified atom stereocenters. The highest BCUT2D eigenvalue weighted by Gasteiger charge is 2.49. The predicted octanol–water partition coefficient (Wildman–Crippen LogP) is 2.16. The highest BCUT2D eigenvalue weighted by atomic mass is 32.2. The number of carbonyl (C=O) groups excluding carboxylic acids is 1. The molecule has 7 nitrogen and oxygen atoms in total. The fourth-order valence-corrected chi connectivity index (χ4v) is 7.30. The summed E-state index contributed by atoms with van der Waals surface area (Å²) in [4.78, 5) is 28.9. The Balaban J connectivity index is 1.91. The van der Waals surface area contributed by atoms with Crippen LogP contribution in [-0.4, -0.2) is 53.4 Å². The van der Waals surface area contributed by atoms with Crippen LogP contribution in [-0.2, 0) is 19.4 Å². The monoisotopic (exact) mass is 410 g/mol. The fraction of sp³-hybridized carbons (Fsp3) is 0.500. The molecule has 0 radical (unpaired) electrons. The van der Waals surface area contributed by atoms with E-state index in [0.717, 1.165) is 16.8 Å². The maximum atomic E-state index is 12.2. The van der Waals surface area contributed by atoms with Crippen molar-refractivity contribution in [3.05, 3.63) is 29.3 Å². The Bertz CT molecular complexity index is 910. The Morgan fingerprint density at radius 1 is 1.26 bits per heavy atom. The van der Waals surface area contributed by atoms with Crippen LogP contribution in [0.2, 0.25) is 0 Å². The van der Waals surface area contributed by atoms with Gasteiger partial charge in [0.1, 0.15) is 0 Å². The Kier molecular flexibility index (Phi) is 5.62. The number of fused-ring (bicyclic) bond motifs is 1. The van der Waals surface area contributed by atoms with Crippen LogP contribution in [0.4, 0.5) is 5.69 Å². The first-order chi connectivity index (χ1) is 12.7. The first-order valence-electron chi connectivity index (χ1n) is 8.73. The highest BCUT2D eigenvalue weighted by molar-refractivity contribution is 8.16. The first kappa shape index (κ1) is 19.9. The van der Waals surface area contributed by atoms with E-state index in [2.05, 4.69) is 4.99 Å². The minimum Gasteiger partial charge on any atom is -0.481 e. The molecule has 3 rings (SSSR count). The van der Waals surface area contributed by atoms with Crippen LogP contribution in [0.15, 0.2) is 23.2 Å². The minimum atomic E-state index is -3.11. The average molecular weight is 411 g/mol. The Hall–Kier alpha value is -1.87. The van der Waals surface area contributed by atoms with E-state index in [4.69, 9.17) is 5.11 Å². The van der Waals surface area contributed by atoms with Gasteiger partial charge in [-0.3, -0.25) is 9.59 Å². The molecular formula is C18H22N2O5S2. The molecule has 1 N–H and O–H groups in total. The van der Waals surface area contributed by atoms with Crippen LogP contribution in [0.5, 0.6) is 0 Å². The zero-order valence-corrected chi connectivity index (χ0v) is 16.8. The largest absolute Gasteiger partial charge is 0.481 e. The lowest BCUT2D eigenvalue weighted by Crippen LogP contribution is -2.38. The summed E-state index contributed by atoms with van der Waals surface area (Å²) in [7, 11) is -3.11. The van der Waals surface area contributed by atoms with Gasteiger partial charge >= 0.3 is 5.97 Å². The number of hydrogen-bond donors (Lipinski definition) is 1. The quantitative estimate of drug-likeness (QED) is 0.793. The summed E-state index contributed by atoms with van der Waals surface area (Å²) < 4.78 is 24.2. The summed E-state index contributed by atoms with van der Waals surface area (Å²) in [5.41, 5.74) is 2.89. The number of rotatable bonds is 5. The van der Waals surface area contributed by atoms with E-state index in [1.54, 1.807) is 0 Å². The Labute approximate surface area is 162 Å². The van der Waals surface area contributed by atoms with Crippen molar-refractivity contribution in [1.29, 1.82) is 0 Å². The van der Waals surface area contributed by atoms with Gasteiger partial charge in [0, 0.05) is 23.8 Å². The number of carboxylic acid groups (broad SMARTS) is 1. The summed E-state index contributed by atoms with van der Waals surface area (Å²) in [5, 5.41) is 9.06. The molecule has 2 atom stereocenters. The SMILES string of the molecule is Cc1ccc(C)c(N2C(=NC(=O)CCCC(=O)O)S[C@H]3CS(=O)(=O)C[C@H]32)c1. The van der Waals surface area contributed by atoms with E-state index in [0.29, 0.717) is 5.17 Å². The molecular weight excluding hydrogens is 388 g/mol. The van der Waals surface area contributed by atoms with Crippen molar-refractivity contribution in [2.45, 2.75) is 44.4 Å². The molecule has 0 aromatic heterocycles. The molecule has 1 amide bonds. The molecule has 0 bridgehead atoms. The van der Waals surface area contributed by atoms with Gasteiger partial charge in [-0.15, -0.1) is 0 Å². The van der Waals surface area contributed by atoms with E-state index in [-0.39, 0.29) is 48.0 Å². The highest BCUT2D eigenvalue weighted by Crippen LogP contribution is 2.42. The Morgan fingerprint density at radius 3 is 2.70 bits per heavy atom. The third-order valence-electron chi connectivity index (χ3n) is 4.69. The molecule has 27 heavy (non-hydrogen) atoms. The van der Waals surface area contributed by atoms with E-state index < -0.39 is 15.8 Å².